The number of nitrogens with two attached hydrogens (primary N) is 1. The van der Waals surface area contributed by atoms with Gasteiger partial charge in [-0.2, -0.15) is 0 Å². The van der Waals surface area contributed by atoms with Gasteiger partial charge in [0.25, 0.3) is 0 Å². The molecule has 0 unspecified atom stereocenters. The Bertz CT molecular complexity index is 1300. The summed E-state index contributed by atoms with van der Waals surface area (Å²) in [7, 11) is 0. The lowest BCUT2D eigenvalue weighted by Gasteiger charge is -2.16. The maximum absolute atomic E-state index is 10.6. The second kappa shape index (κ2) is 12.3. The van der Waals surface area contributed by atoms with E-state index < -0.39 is 24.5 Å². The first-order valence-corrected chi connectivity index (χ1v) is 12.7. The lowest BCUT2D eigenvalue weighted by molar-refractivity contribution is -0.0341. The molecule has 5 rings (SSSR count). The van der Waals surface area contributed by atoms with Gasteiger partial charge in [0.2, 0.25) is 0 Å². The second-order valence-corrected chi connectivity index (χ2v) is 9.28. The fourth-order valence-corrected chi connectivity index (χ4v) is 4.44. The molecule has 0 spiro atoms. The number of aliphatic hydroxyl groups excluding tert-OH is 2. The minimum Gasteiger partial charge on any atom is -0.489 e. The number of anilines is 1. The number of nitrogens with one attached hydrogen (secondary N) is 2. The van der Waals surface area contributed by atoms with Crippen molar-refractivity contribution in [3.8, 4) is 5.75 Å². The zero-order valence-electron chi connectivity index (χ0n) is 21.0. The van der Waals surface area contributed by atoms with E-state index in [2.05, 4.69) is 37.7 Å². The Morgan fingerprint density at radius 3 is 2.53 bits per heavy atom. The van der Waals surface area contributed by atoms with Gasteiger partial charge in [0.1, 0.15) is 42.5 Å². The number of nitrogens with zero attached hydrogens (tertiary/aromatic N) is 4. The molecule has 0 amide bonds. The van der Waals surface area contributed by atoms with Gasteiger partial charge in [-0.05, 0) is 42.8 Å². The molecular weight excluding hydrogens is 486 g/mol. The summed E-state index contributed by atoms with van der Waals surface area (Å²) in [5.41, 5.74) is 9.05. The molecule has 1 fully saturated rings. The molecule has 0 aliphatic carbocycles. The molecule has 4 aromatic rings. The van der Waals surface area contributed by atoms with Crippen LogP contribution in [0.4, 0.5) is 5.82 Å². The molecule has 200 valence electrons. The van der Waals surface area contributed by atoms with E-state index in [-0.39, 0.29) is 5.82 Å². The van der Waals surface area contributed by atoms with E-state index in [0.717, 1.165) is 37.4 Å². The minimum atomic E-state index is -1.12. The van der Waals surface area contributed by atoms with Crippen LogP contribution >= 0.6 is 0 Å². The molecule has 0 bridgehead atoms. The van der Waals surface area contributed by atoms with Crippen molar-refractivity contribution in [3.63, 3.8) is 0 Å². The second-order valence-electron chi connectivity index (χ2n) is 9.28. The molecule has 11 heteroatoms. The van der Waals surface area contributed by atoms with Gasteiger partial charge in [0, 0.05) is 13.1 Å². The molecule has 0 saturated carbocycles. The highest BCUT2D eigenvalue weighted by molar-refractivity contribution is 5.81. The van der Waals surface area contributed by atoms with E-state index in [4.69, 9.17) is 15.2 Å². The van der Waals surface area contributed by atoms with Gasteiger partial charge < -0.3 is 36.1 Å². The van der Waals surface area contributed by atoms with E-state index in [1.54, 1.807) is 4.57 Å². The van der Waals surface area contributed by atoms with Crippen LogP contribution in [-0.2, 0) is 17.9 Å². The van der Waals surface area contributed by atoms with Gasteiger partial charge in [-0.3, -0.25) is 4.57 Å². The predicted octanol–water partition coefficient (Wildman–Crippen LogP) is 1.38. The average Bonchev–Trinajstić information content (AvgIpc) is 3.50. The average molecular weight is 520 g/mol. The number of ether oxygens (including phenoxy) is 2. The third-order valence-corrected chi connectivity index (χ3v) is 6.55. The van der Waals surface area contributed by atoms with Crippen LogP contribution in [0.2, 0.25) is 0 Å². The third-order valence-electron chi connectivity index (χ3n) is 6.55. The third kappa shape index (κ3) is 6.09. The highest BCUT2D eigenvalue weighted by Crippen LogP contribution is 2.31. The minimum absolute atomic E-state index is 0.249. The highest BCUT2D eigenvalue weighted by atomic mass is 16.6. The van der Waals surface area contributed by atoms with Crippen LogP contribution in [-0.4, -0.2) is 67.7 Å². The van der Waals surface area contributed by atoms with Crippen molar-refractivity contribution in [1.82, 2.24) is 30.2 Å². The summed E-state index contributed by atoms with van der Waals surface area (Å²) in [5.74, 6) is 1.10. The van der Waals surface area contributed by atoms with E-state index >= 15 is 0 Å². The zero-order valence-corrected chi connectivity index (χ0v) is 21.0. The Hall–Kier alpha value is -3.61. The SMILES string of the molecule is Nc1ncnc2c1ncn2[C@@H]1O[C@H](CNCCCNCc2ccc(OCc3ccccc3)cc2)[C@@H](O)[C@H]1O. The number of fused-ring (bicyclic) bond motifs is 1. The molecule has 2 aromatic heterocycles. The molecule has 1 aliphatic rings. The van der Waals surface area contributed by atoms with Crippen molar-refractivity contribution in [2.24, 2.45) is 0 Å². The molecule has 6 N–H and O–H groups in total. The monoisotopic (exact) mass is 519 g/mol. The molecule has 4 atom stereocenters. The van der Waals surface area contributed by atoms with Crippen LogP contribution < -0.4 is 21.1 Å². The number of hydrogen-bond acceptors (Lipinski definition) is 10. The number of rotatable bonds is 12. The molecule has 38 heavy (non-hydrogen) atoms. The van der Waals surface area contributed by atoms with E-state index in [9.17, 15) is 10.2 Å². The number of aromatic nitrogens is 4. The number of benzene rings is 2. The molecule has 1 aliphatic heterocycles. The van der Waals surface area contributed by atoms with Crippen molar-refractivity contribution in [2.75, 3.05) is 25.4 Å². The maximum atomic E-state index is 10.6. The largest absolute Gasteiger partial charge is 0.489 e. The number of imidazole rings is 1. The molecule has 2 aromatic carbocycles. The van der Waals surface area contributed by atoms with Crippen molar-refractivity contribution >= 4 is 17.0 Å². The summed E-state index contributed by atoms with van der Waals surface area (Å²) in [6.45, 7) is 3.30. The quantitative estimate of drug-likeness (QED) is 0.174. The zero-order chi connectivity index (χ0) is 26.3. The topological polar surface area (TPSA) is 153 Å². The van der Waals surface area contributed by atoms with Gasteiger partial charge in [-0.1, -0.05) is 42.5 Å². The first-order chi connectivity index (χ1) is 18.6. The van der Waals surface area contributed by atoms with Gasteiger partial charge in [-0.15, -0.1) is 0 Å². The van der Waals surface area contributed by atoms with Crippen LogP contribution in [0, 0.1) is 0 Å². The standard InChI is InChI=1S/C27H33N7O4/c28-25-22-26(32-16-31-25)34(17-33-22)27-24(36)23(35)21(38-27)14-30-12-4-11-29-13-18-7-9-20(10-8-18)37-15-19-5-2-1-3-6-19/h1-3,5-10,16-17,21,23-24,27,29-30,35-36H,4,11-15H2,(H2,28,31,32)/t21-,23-,24-,27-/m1/s1. The Balaban J connectivity index is 0.989. The summed E-state index contributed by atoms with van der Waals surface area (Å²) >= 11 is 0. The van der Waals surface area contributed by atoms with Gasteiger partial charge >= 0.3 is 0 Å². The first kappa shape index (κ1) is 26.0. The summed E-state index contributed by atoms with van der Waals surface area (Å²) in [6.07, 6.45) is 0.180. The molecule has 0 radical (unpaired) electrons. The van der Waals surface area contributed by atoms with Crippen LogP contribution in [0.1, 0.15) is 23.8 Å². The lowest BCUT2D eigenvalue weighted by atomic mass is 10.1. The Morgan fingerprint density at radius 1 is 0.921 bits per heavy atom. The Labute approximate surface area is 220 Å². The Kier molecular flexibility index (Phi) is 8.41. The normalized spacial score (nSPS) is 21.2. The van der Waals surface area contributed by atoms with Crippen molar-refractivity contribution in [3.05, 3.63) is 78.4 Å². The Morgan fingerprint density at radius 2 is 1.71 bits per heavy atom. The van der Waals surface area contributed by atoms with Crippen molar-refractivity contribution in [1.29, 1.82) is 0 Å². The maximum Gasteiger partial charge on any atom is 0.167 e. The van der Waals surface area contributed by atoms with Crippen molar-refractivity contribution in [2.45, 2.75) is 44.1 Å². The van der Waals surface area contributed by atoms with Crippen LogP contribution in [0.25, 0.3) is 11.2 Å². The summed E-state index contributed by atoms with van der Waals surface area (Å²) in [4.78, 5) is 12.3. The van der Waals surface area contributed by atoms with E-state index in [1.807, 2.05) is 42.5 Å². The van der Waals surface area contributed by atoms with Crippen molar-refractivity contribution < 1.29 is 19.7 Å². The smallest absolute Gasteiger partial charge is 0.167 e. The van der Waals surface area contributed by atoms with Gasteiger partial charge in [0.15, 0.2) is 17.7 Å². The summed E-state index contributed by atoms with van der Waals surface area (Å²) in [6, 6.07) is 18.2. The fourth-order valence-electron chi connectivity index (χ4n) is 4.44. The molecule has 11 nitrogen and oxygen atoms in total. The van der Waals surface area contributed by atoms with E-state index in [1.165, 1.54) is 18.2 Å². The predicted molar refractivity (Wildman–Crippen MR) is 142 cm³/mol. The first-order valence-electron chi connectivity index (χ1n) is 12.7. The fraction of sp³-hybridized carbons (Fsp3) is 0.370. The number of hydrogen-bond donors (Lipinski definition) is 5. The number of aliphatic hydroxyl groups is 2. The van der Waals surface area contributed by atoms with Gasteiger partial charge in [-0.25, -0.2) is 15.0 Å². The van der Waals surface area contributed by atoms with Crippen LogP contribution in [0.15, 0.2) is 67.3 Å². The molecule has 3 heterocycles. The number of nitrogen functional groups attached to an aromatic ring is 1. The summed E-state index contributed by atoms with van der Waals surface area (Å²) < 4.78 is 13.4. The lowest BCUT2D eigenvalue weighted by Crippen LogP contribution is -2.38. The molecular formula is C27H33N7O4. The highest BCUT2D eigenvalue weighted by Gasteiger charge is 2.44. The summed E-state index contributed by atoms with van der Waals surface area (Å²) in [5, 5.41) is 27.8. The van der Waals surface area contributed by atoms with Crippen LogP contribution in [0.5, 0.6) is 5.75 Å². The van der Waals surface area contributed by atoms with Gasteiger partial charge in [0.05, 0.1) is 6.33 Å². The molecule has 1 saturated heterocycles. The van der Waals surface area contributed by atoms with Crippen LogP contribution in [0.3, 0.4) is 0 Å². The van der Waals surface area contributed by atoms with E-state index in [0.29, 0.717) is 24.3 Å².